The average molecular weight is 299 g/mol. The Bertz CT molecular complexity index is 784. The minimum atomic E-state index is -0.292. The van der Waals surface area contributed by atoms with Crippen molar-refractivity contribution in [2.24, 2.45) is 0 Å². The molecule has 1 heterocycles. The van der Waals surface area contributed by atoms with Gasteiger partial charge in [-0.3, -0.25) is 0 Å². The zero-order valence-corrected chi connectivity index (χ0v) is 12.1. The van der Waals surface area contributed by atoms with Crippen LogP contribution in [0.25, 0.3) is 11.4 Å². The van der Waals surface area contributed by atoms with E-state index in [-0.39, 0.29) is 11.8 Å². The molecule has 3 rings (SSSR count). The van der Waals surface area contributed by atoms with Crippen molar-refractivity contribution in [2.75, 3.05) is 12.4 Å². The molecule has 0 bridgehead atoms. The van der Waals surface area contributed by atoms with Crippen molar-refractivity contribution in [1.82, 2.24) is 10.1 Å². The first-order valence-corrected chi connectivity index (χ1v) is 6.67. The van der Waals surface area contributed by atoms with E-state index in [2.05, 4.69) is 15.5 Å². The SMILES string of the molecule is COc1ccc(-c2noc(Nc3ccc(C)c(F)c3)n2)cc1. The number of nitrogens with zero attached hydrogens (tertiary/aromatic N) is 2. The van der Waals surface area contributed by atoms with Gasteiger partial charge in [-0.1, -0.05) is 11.2 Å². The van der Waals surface area contributed by atoms with Gasteiger partial charge >= 0.3 is 6.01 Å². The van der Waals surface area contributed by atoms with Crippen molar-refractivity contribution < 1.29 is 13.7 Å². The van der Waals surface area contributed by atoms with E-state index in [4.69, 9.17) is 9.26 Å². The minimum Gasteiger partial charge on any atom is -0.497 e. The van der Waals surface area contributed by atoms with Crippen molar-refractivity contribution >= 4 is 11.7 Å². The lowest BCUT2D eigenvalue weighted by atomic mass is 10.2. The molecule has 0 unspecified atom stereocenters. The van der Waals surface area contributed by atoms with E-state index < -0.39 is 0 Å². The van der Waals surface area contributed by atoms with Crippen LogP contribution in [0.1, 0.15) is 5.56 Å². The Kier molecular flexibility index (Phi) is 3.74. The topological polar surface area (TPSA) is 60.2 Å². The van der Waals surface area contributed by atoms with Crippen LogP contribution >= 0.6 is 0 Å². The summed E-state index contributed by atoms with van der Waals surface area (Å²) in [4.78, 5) is 4.23. The molecule has 5 nitrogen and oxygen atoms in total. The van der Waals surface area contributed by atoms with Gasteiger partial charge in [0.2, 0.25) is 5.82 Å². The Balaban J connectivity index is 1.79. The Morgan fingerprint density at radius 2 is 1.91 bits per heavy atom. The van der Waals surface area contributed by atoms with Gasteiger partial charge in [-0.25, -0.2) is 4.39 Å². The van der Waals surface area contributed by atoms with E-state index in [0.717, 1.165) is 11.3 Å². The molecular formula is C16H14FN3O2. The van der Waals surface area contributed by atoms with Crippen LogP contribution in [-0.4, -0.2) is 17.3 Å². The second-order valence-electron chi connectivity index (χ2n) is 4.74. The van der Waals surface area contributed by atoms with Gasteiger partial charge in [0.15, 0.2) is 0 Å². The molecule has 0 saturated carbocycles. The van der Waals surface area contributed by atoms with E-state index in [1.165, 1.54) is 6.07 Å². The summed E-state index contributed by atoms with van der Waals surface area (Å²) in [6.07, 6.45) is 0. The van der Waals surface area contributed by atoms with Crippen LogP contribution in [0.15, 0.2) is 47.0 Å². The molecular weight excluding hydrogens is 285 g/mol. The number of benzene rings is 2. The summed E-state index contributed by atoms with van der Waals surface area (Å²) in [7, 11) is 1.60. The third-order valence-electron chi connectivity index (χ3n) is 3.20. The van der Waals surface area contributed by atoms with Gasteiger partial charge in [0.1, 0.15) is 11.6 Å². The standard InChI is InChI=1S/C16H14FN3O2/c1-10-3-6-12(9-14(10)17)18-16-19-15(20-22-16)11-4-7-13(21-2)8-5-11/h3-9H,1-2H3,(H,18,19,20). The van der Waals surface area contributed by atoms with Crippen LogP contribution in [0.4, 0.5) is 16.1 Å². The Labute approximate surface area is 126 Å². The predicted octanol–water partition coefficient (Wildman–Crippen LogP) is 3.94. The number of anilines is 2. The molecule has 0 aliphatic carbocycles. The number of aromatic nitrogens is 2. The normalized spacial score (nSPS) is 10.5. The molecule has 0 amide bonds. The highest BCUT2D eigenvalue weighted by molar-refractivity contribution is 5.59. The van der Waals surface area contributed by atoms with Crippen molar-refractivity contribution in [1.29, 1.82) is 0 Å². The molecule has 0 spiro atoms. The second kappa shape index (κ2) is 5.85. The number of aryl methyl sites for hydroxylation is 1. The van der Waals surface area contributed by atoms with Gasteiger partial charge in [-0.05, 0) is 48.9 Å². The van der Waals surface area contributed by atoms with Crippen molar-refractivity contribution in [3.05, 3.63) is 53.8 Å². The van der Waals surface area contributed by atoms with E-state index in [0.29, 0.717) is 17.1 Å². The predicted molar refractivity (Wildman–Crippen MR) is 80.7 cm³/mol. The molecule has 0 saturated heterocycles. The van der Waals surface area contributed by atoms with Gasteiger partial charge < -0.3 is 14.6 Å². The first kappa shape index (κ1) is 14.1. The van der Waals surface area contributed by atoms with Gasteiger partial charge in [0.05, 0.1) is 7.11 Å². The van der Waals surface area contributed by atoms with Gasteiger partial charge in [0, 0.05) is 11.3 Å². The number of methoxy groups -OCH3 is 1. The van der Waals surface area contributed by atoms with E-state index >= 15 is 0 Å². The molecule has 0 aliphatic heterocycles. The molecule has 1 aromatic heterocycles. The largest absolute Gasteiger partial charge is 0.497 e. The molecule has 22 heavy (non-hydrogen) atoms. The monoisotopic (exact) mass is 299 g/mol. The highest BCUT2D eigenvalue weighted by Gasteiger charge is 2.09. The van der Waals surface area contributed by atoms with Gasteiger partial charge in [-0.2, -0.15) is 4.98 Å². The van der Waals surface area contributed by atoms with Crippen LogP contribution in [0.2, 0.25) is 0 Å². The third-order valence-corrected chi connectivity index (χ3v) is 3.20. The molecule has 0 fully saturated rings. The van der Waals surface area contributed by atoms with E-state index in [1.807, 2.05) is 24.3 Å². The van der Waals surface area contributed by atoms with Crippen LogP contribution in [0.5, 0.6) is 5.75 Å². The van der Waals surface area contributed by atoms with E-state index in [9.17, 15) is 4.39 Å². The molecule has 3 aromatic rings. The summed E-state index contributed by atoms with van der Waals surface area (Å²) in [5.74, 6) is 0.901. The summed E-state index contributed by atoms with van der Waals surface area (Å²) in [6, 6.07) is 12.3. The van der Waals surface area contributed by atoms with Gasteiger partial charge in [-0.15, -0.1) is 0 Å². The lowest BCUT2D eigenvalue weighted by Gasteiger charge is -2.02. The average Bonchev–Trinajstić information content (AvgIpc) is 2.99. The number of nitrogens with one attached hydrogen (secondary N) is 1. The first-order valence-electron chi connectivity index (χ1n) is 6.67. The number of halogens is 1. The zero-order valence-electron chi connectivity index (χ0n) is 12.1. The molecule has 112 valence electrons. The lowest BCUT2D eigenvalue weighted by molar-refractivity contribution is 0.415. The van der Waals surface area contributed by atoms with Crippen LogP contribution < -0.4 is 10.1 Å². The Morgan fingerprint density at radius 1 is 1.14 bits per heavy atom. The fraction of sp³-hybridized carbons (Fsp3) is 0.125. The van der Waals surface area contributed by atoms with Crippen LogP contribution in [0, 0.1) is 12.7 Å². The molecule has 0 aliphatic rings. The summed E-state index contributed by atoms with van der Waals surface area (Å²) >= 11 is 0. The van der Waals surface area contributed by atoms with Crippen molar-refractivity contribution in [3.63, 3.8) is 0 Å². The second-order valence-corrected chi connectivity index (χ2v) is 4.74. The number of ether oxygens (including phenoxy) is 1. The number of hydrogen-bond donors (Lipinski definition) is 1. The molecule has 1 N–H and O–H groups in total. The number of rotatable bonds is 4. The maximum atomic E-state index is 13.5. The maximum absolute atomic E-state index is 13.5. The number of hydrogen-bond acceptors (Lipinski definition) is 5. The highest BCUT2D eigenvalue weighted by atomic mass is 19.1. The van der Waals surface area contributed by atoms with Crippen LogP contribution in [-0.2, 0) is 0 Å². The molecule has 6 heteroatoms. The maximum Gasteiger partial charge on any atom is 0.326 e. The molecule has 2 aromatic carbocycles. The highest BCUT2D eigenvalue weighted by Crippen LogP contribution is 2.23. The summed E-state index contributed by atoms with van der Waals surface area (Å²) in [5.41, 5.74) is 1.93. The third kappa shape index (κ3) is 2.90. The van der Waals surface area contributed by atoms with E-state index in [1.54, 1.807) is 26.2 Å². The Hall–Kier alpha value is -2.89. The summed E-state index contributed by atoms with van der Waals surface area (Å²) < 4.78 is 23.7. The van der Waals surface area contributed by atoms with Gasteiger partial charge in [0.25, 0.3) is 0 Å². The lowest BCUT2D eigenvalue weighted by Crippen LogP contribution is -1.92. The minimum absolute atomic E-state index is 0.203. The Morgan fingerprint density at radius 3 is 2.59 bits per heavy atom. The smallest absolute Gasteiger partial charge is 0.326 e. The fourth-order valence-corrected chi connectivity index (χ4v) is 1.93. The zero-order chi connectivity index (χ0) is 15.5. The summed E-state index contributed by atoms with van der Waals surface area (Å²) in [6.45, 7) is 1.70. The molecule has 0 radical (unpaired) electrons. The van der Waals surface area contributed by atoms with Crippen LogP contribution in [0.3, 0.4) is 0 Å². The fourth-order valence-electron chi connectivity index (χ4n) is 1.93. The van der Waals surface area contributed by atoms with Crippen molar-refractivity contribution in [3.8, 4) is 17.1 Å². The first-order chi connectivity index (χ1) is 10.7. The molecule has 0 atom stereocenters. The van der Waals surface area contributed by atoms with Crippen molar-refractivity contribution in [2.45, 2.75) is 6.92 Å². The quantitative estimate of drug-likeness (QED) is 0.790. The summed E-state index contributed by atoms with van der Waals surface area (Å²) in [5, 5.41) is 6.77.